The zero-order valence-corrected chi connectivity index (χ0v) is 18.3. The molecule has 0 unspecified atom stereocenters. The Hall–Kier alpha value is -4.85. The number of carbonyl (C=O) groups is 2. The minimum atomic E-state index is -1.24. The van der Waals surface area contributed by atoms with Gasteiger partial charge < -0.3 is 32.7 Å². The number of aryl methyl sites for hydroxylation is 1. The maximum absolute atomic E-state index is 11.6. The summed E-state index contributed by atoms with van der Waals surface area (Å²) in [5.74, 6) is 2.08. The first-order valence-electron chi connectivity index (χ1n) is 10.1. The standard InChI is InChI=1S/C23H23N7O4/c1-30-9-3-2-4-18(30)16-8-7-15(28-23(26)29-22(24)25)11-14(16)6-5-13-10-17(20(31)32)19(21(33)34)27-12-13/h2-4,7-9,11-12,17,19H,10H2,1H3,(H8,24,25,26,27,28,29,31,32,33,34)/p+1/t17-,19+/m1/s1. The maximum atomic E-state index is 11.6. The van der Waals surface area contributed by atoms with Crippen molar-refractivity contribution in [1.82, 2.24) is 5.32 Å². The van der Waals surface area contributed by atoms with Crippen LogP contribution in [-0.2, 0) is 16.6 Å². The SMILES string of the molecule is C[n+]1ccccc1-c1ccc(N=C(N)N=C(N)N)cc1C#CC1=CN[C@H](C(=O)O)[C@H](C(=O)O)C1. The maximum Gasteiger partial charge on any atom is 0.327 e. The summed E-state index contributed by atoms with van der Waals surface area (Å²) < 4.78 is 1.93. The van der Waals surface area contributed by atoms with E-state index in [1.165, 1.54) is 6.20 Å². The summed E-state index contributed by atoms with van der Waals surface area (Å²) >= 11 is 0. The van der Waals surface area contributed by atoms with Crippen molar-refractivity contribution in [2.45, 2.75) is 12.5 Å². The number of aliphatic carboxylic acids is 2. The van der Waals surface area contributed by atoms with E-state index in [2.05, 4.69) is 27.1 Å². The number of aliphatic imine (C=N–C) groups is 2. The van der Waals surface area contributed by atoms with Crippen molar-refractivity contribution in [2.75, 3.05) is 0 Å². The van der Waals surface area contributed by atoms with Gasteiger partial charge in [0.15, 0.2) is 12.2 Å². The predicted octanol–water partition coefficient (Wildman–Crippen LogP) is -0.220. The number of guanidine groups is 2. The third-order valence-electron chi connectivity index (χ3n) is 5.04. The van der Waals surface area contributed by atoms with E-state index in [-0.39, 0.29) is 18.3 Å². The van der Waals surface area contributed by atoms with Gasteiger partial charge in [-0.25, -0.2) is 14.4 Å². The summed E-state index contributed by atoms with van der Waals surface area (Å²) in [6.45, 7) is 0. The fourth-order valence-electron chi connectivity index (χ4n) is 3.45. The van der Waals surface area contributed by atoms with Crippen LogP contribution >= 0.6 is 0 Å². The van der Waals surface area contributed by atoms with E-state index in [0.717, 1.165) is 11.3 Å². The Balaban J connectivity index is 2.06. The molecule has 0 spiro atoms. The molecule has 1 aromatic carbocycles. The molecular weight excluding hydrogens is 438 g/mol. The number of carboxylic acids is 2. The predicted molar refractivity (Wildman–Crippen MR) is 125 cm³/mol. The van der Waals surface area contributed by atoms with Gasteiger partial charge in [0.1, 0.15) is 13.1 Å². The van der Waals surface area contributed by atoms with Crippen molar-refractivity contribution in [3.8, 4) is 23.1 Å². The highest BCUT2D eigenvalue weighted by Gasteiger charge is 2.36. The van der Waals surface area contributed by atoms with E-state index < -0.39 is 23.9 Å². The van der Waals surface area contributed by atoms with Gasteiger partial charge in [-0.15, -0.1) is 0 Å². The van der Waals surface area contributed by atoms with Crippen LogP contribution in [0.1, 0.15) is 12.0 Å². The van der Waals surface area contributed by atoms with Gasteiger partial charge in [-0.05, 0) is 30.7 Å². The zero-order chi connectivity index (χ0) is 24.8. The van der Waals surface area contributed by atoms with Crippen LogP contribution in [0.3, 0.4) is 0 Å². The van der Waals surface area contributed by atoms with Crippen LogP contribution in [0, 0.1) is 17.8 Å². The Bertz CT molecular complexity index is 1280. The van der Waals surface area contributed by atoms with E-state index in [4.69, 9.17) is 17.2 Å². The minimum absolute atomic E-state index is 0.0178. The second-order valence-electron chi connectivity index (χ2n) is 7.48. The molecule has 0 fully saturated rings. The van der Waals surface area contributed by atoms with Gasteiger partial charge in [-0.1, -0.05) is 11.8 Å². The fourth-order valence-corrected chi connectivity index (χ4v) is 3.45. The zero-order valence-electron chi connectivity index (χ0n) is 18.3. The summed E-state index contributed by atoms with van der Waals surface area (Å²) in [7, 11) is 1.90. The van der Waals surface area contributed by atoms with Crippen molar-refractivity contribution in [1.29, 1.82) is 0 Å². The molecule has 2 heterocycles. The second kappa shape index (κ2) is 10.2. The number of nitrogens with one attached hydrogen (secondary N) is 1. The number of benzene rings is 1. The molecule has 9 N–H and O–H groups in total. The molecule has 2 atom stereocenters. The van der Waals surface area contributed by atoms with Crippen LogP contribution in [0.2, 0.25) is 0 Å². The molecule has 0 saturated heterocycles. The third-order valence-corrected chi connectivity index (χ3v) is 5.04. The van der Waals surface area contributed by atoms with Crippen LogP contribution < -0.4 is 27.1 Å². The van der Waals surface area contributed by atoms with Crippen molar-refractivity contribution in [3.05, 3.63) is 59.9 Å². The molecule has 0 aliphatic carbocycles. The summed E-state index contributed by atoms with van der Waals surface area (Å²) in [4.78, 5) is 30.8. The summed E-state index contributed by atoms with van der Waals surface area (Å²) in [6, 6.07) is 9.76. The quantitative estimate of drug-likeness (QED) is 0.155. The first-order valence-corrected chi connectivity index (χ1v) is 10.1. The van der Waals surface area contributed by atoms with Gasteiger partial charge in [0.05, 0.1) is 17.2 Å². The fraction of sp³-hybridized carbons (Fsp3) is 0.174. The molecule has 1 aliphatic rings. The van der Waals surface area contributed by atoms with E-state index in [9.17, 15) is 19.8 Å². The Morgan fingerprint density at radius 2 is 1.88 bits per heavy atom. The highest BCUT2D eigenvalue weighted by molar-refractivity contribution is 5.93. The number of allylic oxidation sites excluding steroid dienone is 1. The molecule has 174 valence electrons. The molecule has 1 aromatic heterocycles. The number of rotatable bonds is 4. The van der Waals surface area contributed by atoms with E-state index in [1.54, 1.807) is 12.1 Å². The third kappa shape index (κ3) is 5.68. The smallest absolute Gasteiger partial charge is 0.327 e. The monoisotopic (exact) mass is 462 g/mol. The lowest BCUT2D eigenvalue weighted by atomic mass is 9.89. The van der Waals surface area contributed by atoms with Gasteiger partial charge in [-0.3, -0.25) is 4.79 Å². The van der Waals surface area contributed by atoms with Crippen molar-refractivity contribution < 1.29 is 24.4 Å². The normalized spacial score (nSPS) is 17.4. The van der Waals surface area contributed by atoms with E-state index in [0.29, 0.717) is 16.8 Å². The lowest BCUT2D eigenvalue weighted by molar-refractivity contribution is -0.660. The molecule has 1 aliphatic heterocycles. The molecule has 0 radical (unpaired) electrons. The first kappa shape index (κ1) is 23.8. The Morgan fingerprint density at radius 3 is 2.53 bits per heavy atom. The Kier molecular flexibility index (Phi) is 7.13. The first-order chi connectivity index (χ1) is 16.2. The molecule has 0 saturated carbocycles. The number of nitrogens with zero attached hydrogens (tertiary/aromatic N) is 3. The van der Waals surface area contributed by atoms with Crippen molar-refractivity contribution in [2.24, 2.45) is 40.2 Å². The van der Waals surface area contributed by atoms with Crippen molar-refractivity contribution in [3.63, 3.8) is 0 Å². The lowest BCUT2D eigenvalue weighted by Gasteiger charge is -2.25. The molecule has 2 aromatic rings. The molecule has 0 bridgehead atoms. The topological polar surface area (TPSA) is 193 Å². The molecule has 0 amide bonds. The molecule has 34 heavy (non-hydrogen) atoms. The average molecular weight is 462 g/mol. The summed E-state index contributed by atoms with van der Waals surface area (Å²) in [5, 5.41) is 21.3. The van der Waals surface area contributed by atoms with Gasteiger partial charge >= 0.3 is 11.9 Å². The van der Waals surface area contributed by atoms with E-state index in [1.807, 2.05) is 42.1 Å². The van der Waals surface area contributed by atoms with Gasteiger partial charge in [0.25, 0.3) is 0 Å². The summed E-state index contributed by atoms with van der Waals surface area (Å²) in [6.07, 6.45) is 3.31. The highest BCUT2D eigenvalue weighted by atomic mass is 16.4. The minimum Gasteiger partial charge on any atom is -0.481 e. The average Bonchev–Trinajstić information content (AvgIpc) is 2.77. The largest absolute Gasteiger partial charge is 0.481 e. The van der Waals surface area contributed by atoms with Crippen LogP contribution in [0.5, 0.6) is 0 Å². The van der Waals surface area contributed by atoms with Gasteiger partial charge in [0.2, 0.25) is 11.7 Å². The lowest BCUT2D eigenvalue weighted by Crippen LogP contribution is -2.46. The Labute approximate surface area is 195 Å². The van der Waals surface area contributed by atoms with E-state index >= 15 is 0 Å². The molecule has 11 heteroatoms. The highest BCUT2D eigenvalue weighted by Crippen LogP contribution is 2.26. The number of hydrogen-bond acceptors (Lipinski definition) is 4. The van der Waals surface area contributed by atoms with Crippen LogP contribution in [0.25, 0.3) is 11.3 Å². The van der Waals surface area contributed by atoms with Crippen LogP contribution in [0.15, 0.2) is 64.4 Å². The van der Waals surface area contributed by atoms with Gasteiger partial charge in [0, 0.05) is 29.5 Å². The van der Waals surface area contributed by atoms with Crippen LogP contribution in [0.4, 0.5) is 5.69 Å². The molecule has 11 nitrogen and oxygen atoms in total. The second-order valence-corrected chi connectivity index (χ2v) is 7.48. The number of hydrogen-bond donors (Lipinski definition) is 6. The van der Waals surface area contributed by atoms with Crippen molar-refractivity contribution >= 4 is 29.5 Å². The number of pyridine rings is 1. The molecular formula is C23H24N7O4+. The van der Waals surface area contributed by atoms with Crippen LogP contribution in [-0.4, -0.2) is 40.1 Å². The summed E-state index contributed by atoms with van der Waals surface area (Å²) in [5.41, 5.74) is 19.6. The number of nitrogens with two attached hydrogens (primary N) is 3. The number of aromatic nitrogens is 1. The van der Waals surface area contributed by atoms with Gasteiger partial charge in [-0.2, -0.15) is 4.99 Å². The Morgan fingerprint density at radius 1 is 1.12 bits per heavy atom. The molecule has 3 rings (SSSR count). The number of carboxylic acid groups (broad SMARTS) is 2.